The number of fused-ring (bicyclic) bond motifs is 3. The molecule has 1 aromatic heterocycles. The molecular weight excluding hydrogens is 596 g/mol. The van der Waals surface area contributed by atoms with E-state index in [1.54, 1.807) is 60.9 Å². The molecule has 4 bridgehead atoms. The topological polar surface area (TPSA) is 155 Å². The Labute approximate surface area is 268 Å². The molecule has 0 aliphatic carbocycles. The Kier molecular flexibility index (Phi) is 10.4. The lowest BCUT2D eigenvalue weighted by atomic mass is 9.85. The van der Waals surface area contributed by atoms with Gasteiger partial charge in [0.25, 0.3) is 0 Å². The van der Waals surface area contributed by atoms with Crippen molar-refractivity contribution < 1.29 is 42.9 Å². The lowest BCUT2D eigenvalue weighted by Gasteiger charge is -2.35. The first-order valence-electron chi connectivity index (χ1n) is 15.2. The zero-order valence-corrected chi connectivity index (χ0v) is 27.7. The third kappa shape index (κ3) is 8.25. The zero-order chi connectivity index (χ0) is 33.8. The number of amides is 3. The van der Waals surface area contributed by atoms with Gasteiger partial charge in [-0.05, 0) is 49.8 Å². The van der Waals surface area contributed by atoms with Crippen molar-refractivity contribution in [1.29, 1.82) is 0 Å². The number of pyridine rings is 1. The molecule has 2 aliphatic rings. The number of nitrogens with one attached hydrogen (secondary N) is 2. The molecule has 4 atom stereocenters. The Morgan fingerprint density at radius 1 is 1.11 bits per heavy atom. The SMILES string of the molecule is COC(=O)[C@@H]1C[C@@H]2CN1C(=O)[C@H](C(C)(C)C)NC(=O)[C@@H](NC(=O)OC(C)(C)C)COCC=Cc1cc3c(nccc3cc1OC)O2. The summed E-state index contributed by atoms with van der Waals surface area (Å²) in [5, 5.41) is 6.91. The Morgan fingerprint density at radius 2 is 1.85 bits per heavy atom. The Morgan fingerprint density at radius 3 is 2.50 bits per heavy atom. The van der Waals surface area contributed by atoms with E-state index in [-0.39, 0.29) is 26.2 Å². The smallest absolute Gasteiger partial charge is 0.408 e. The maximum absolute atomic E-state index is 14.2. The van der Waals surface area contributed by atoms with Crippen molar-refractivity contribution >= 4 is 40.7 Å². The summed E-state index contributed by atoms with van der Waals surface area (Å²) in [6, 6.07) is 2.33. The second-order valence-corrected chi connectivity index (χ2v) is 13.4. The largest absolute Gasteiger partial charge is 0.496 e. The number of carbonyl (C=O) groups is 4. The fourth-order valence-electron chi connectivity index (χ4n) is 5.35. The fraction of sp³-hybridized carbons (Fsp3) is 0.545. The number of benzene rings is 1. The fourth-order valence-corrected chi connectivity index (χ4v) is 5.35. The van der Waals surface area contributed by atoms with Crippen LogP contribution in [0.5, 0.6) is 11.6 Å². The molecule has 13 nitrogen and oxygen atoms in total. The molecule has 250 valence electrons. The van der Waals surface area contributed by atoms with Crippen LogP contribution in [0.25, 0.3) is 16.8 Å². The van der Waals surface area contributed by atoms with E-state index in [0.29, 0.717) is 17.0 Å². The molecule has 2 N–H and O–H groups in total. The number of carbonyl (C=O) groups excluding carboxylic acids is 4. The third-order valence-electron chi connectivity index (χ3n) is 7.58. The molecule has 0 radical (unpaired) electrons. The molecule has 4 rings (SSSR count). The normalized spacial score (nSPS) is 22.8. The van der Waals surface area contributed by atoms with E-state index >= 15 is 0 Å². The van der Waals surface area contributed by atoms with Crippen molar-refractivity contribution in [3.63, 3.8) is 0 Å². The predicted molar refractivity (Wildman–Crippen MR) is 169 cm³/mol. The minimum atomic E-state index is -1.20. The van der Waals surface area contributed by atoms with Gasteiger partial charge < -0.3 is 39.2 Å². The van der Waals surface area contributed by atoms with Gasteiger partial charge in [0, 0.05) is 23.6 Å². The first-order valence-corrected chi connectivity index (χ1v) is 15.2. The number of hydrogen-bond acceptors (Lipinski definition) is 10. The van der Waals surface area contributed by atoms with Crippen LogP contribution >= 0.6 is 0 Å². The molecule has 3 heterocycles. The summed E-state index contributed by atoms with van der Waals surface area (Å²) in [7, 11) is 2.82. The maximum Gasteiger partial charge on any atom is 0.408 e. The zero-order valence-electron chi connectivity index (χ0n) is 27.7. The van der Waals surface area contributed by atoms with Gasteiger partial charge in [-0.3, -0.25) is 9.59 Å². The van der Waals surface area contributed by atoms with Crippen LogP contribution in [0.1, 0.15) is 53.5 Å². The molecule has 13 heteroatoms. The van der Waals surface area contributed by atoms with Crippen molar-refractivity contribution in [1.82, 2.24) is 20.5 Å². The molecule has 2 aliphatic heterocycles. The molecule has 1 aromatic carbocycles. The highest BCUT2D eigenvalue weighted by atomic mass is 16.6. The summed E-state index contributed by atoms with van der Waals surface area (Å²) in [6.45, 7) is 10.4. The third-order valence-corrected chi connectivity index (χ3v) is 7.58. The summed E-state index contributed by atoms with van der Waals surface area (Å²) in [5.74, 6) is -0.815. The molecule has 0 spiro atoms. The highest BCUT2D eigenvalue weighted by Gasteiger charge is 2.47. The van der Waals surface area contributed by atoms with E-state index in [9.17, 15) is 19.2 Å². The number of rotatable bonds is 3. The van der Waals surface area contributed by atoms with E-state index in [0.717, 1.165) is 10.9 Å². The molecule has 0 saturated carbocycles. The number of nitrogens with zero attached hydrogens (tertiary/aromatic N) is 2. The summed E-state index contributed by atoms with van der Waals surface area (Å²) >= 11 is 0. The van der Waals surface area contributed by atoms with Crippen molar-refractivity contribution in [3.05, 3.63) is 36.0 Å². The molecule has 0 unspecified atom stereocenters. The van der Waals surface area contributed by atoms with E-state index in [2.05, 4.69) is 15.6 Å². The van der Waals surface area contributed by atoms with E-state index in [1.807, 2.05) is 24.3 Å². The van der Waals surface area contributed by atoms with Gasteiger partial charge in [0.15, 0.2) is 0 Å². The molecule has 1 saturated heterocycles. The summed E-state index contributed by atoms with van der Waals surface area (Å²) in [4.78, 5) is 59.4. The molecule has 46 heavy (non-hydrogen) atoms. The van der Waals surface area contributed by atoms with Crippen molar-refractivity contribution in [2.45, 2.75) is 77.8 Å². The van der Waals surface area contributed by atoms with Gasteiger partial charge in [0.2, 0.25) is 17.7 Å². The summed E-state index contributed by atoms with van der Waals surface area (Å²) < 4.78 is 28.2. The minimum Gasteiger partial charge on any atom is -0.496 e. The first kappa shape index (κ1) is 34.5. The maximum atomic E-state index is 14.2. The number of aromatic nitrogens is 1. The molecule has 2 aromatic rings. The second kappa shape index (κ2) is 13.9. The average Bonchev–Trinajstić information content (AvgIpc) is 3.40. The second-order valence-electron chi connectivity index (χ2n) is 13.4. The number of ether oxygens (including phenoxy) is 5. The molecule has 1 fully saturated rings. The summed E-state index contributed by atoms with van der Waals surface area (Å²) in [6.07, 6.45) is 3.92. The van der Waals surface area contributed by atoms with Crippen LogP contribution in [0.3, 0.4) is 0 Å². The average molecular weight is 641 g/mol. The quantitative estimate of drug-likeness (QED) is 0.478. The van der Waals surface area contributed by atoms with Crippen molar-refractivity contribution in [3.8, 4) is 11.6 Å². The lowest BCUT2D eigenvalue weighted by Crippen LogP contribution is -2.60. The minimum absolute atomic E-state index is 0.0464. The van der Waals surface area contributed by atoms with Crippen LogP contribution in [-0.2, 0) is 28.6 Å². The van der Waals surface area contributed by atoms with Crippen LogP contribution < -0.4 is 20.1 Å². The number of alkyl carbamates (subject to hydrolysis) is 1. The summed E-state index contributed by atoms with van der Waals surface area (Å²) in [5.41, 5.74) is -0.878. The number of methoxy groups -OCH3 is 2. The van der Waals surface area contributed by atoms with Crippen LogP contribution in [-0.4, -0.2) is 97.6 Å². The van der Waals surface area contributed by atoms with E-state index in [4.69, 9.17) is 23.7 Å². The lowest BCUT2D eigenvalue weighted by molar-refractivity contribution is -0.153. The Hall–Kier alpha value is -4.39. The number of hydrogen-bond donors (Lipinski definition) is 2. The van der Waals surface area contributed by atoms with E-state index < -0.39 is 59.1 Å². The Bertz CT molecular complexity index is 1490. The first-order chi connectivity index (χ1) is 21.6. The van der Waals surface area contributed by atoms with E-state index in [1.165, 1.54) is 12.0 Å². The highest BCUT2D eigenvalue weighted by molar-refractivity contribution is 5.94. The highest BCUT2D eigenvalue weighted by Crippen LogP contribution is 2.34. The van der Waals surface area contributed by atoms with Crippen molar-refractivity contribution in [2.75, 3.05) is 34.0 Å². The van der Waals surface area contributed by atoms with Crippen LogP contribution in [0, 0.1) is 5.41 Å². The Balaban J connectivity index is 1.77. The van der Waals surface area contributed by atoms with Crippen LogP contribution in [0.4, 0.5) is 4.79 Å². The van der Waals surface area contributed by atoms with Gasteiger partial charge in [-0.1, -0.05) is 32.9 Å². The van der Waals surface area contributed by atoms with Crippen LogP contribution in [0.2, 0.25) is 0 Å². The van der Waals surface area contributed by atoms with Gasteiger partial charge in [0.1, 0.15) is 35.6 Å². The molecular formula is C33H44N4O9. The van der Waals surface area contributed by atoms with Crippen molar-refractivity contribution in [2.24, 2.45) is 5.41 Å². The van der Waals surface area contributed by atoms with Gasteiger partial charge >= 0.3 is 12.1 Å². The molecule has 3 amide bonds. The van der Waals surface area contributed by atoms with Gasteiger partial charge in [-0.25, -0.2) is 14.6 Å². The number of esters is 1. The predicted octanol–water partition coefficient (Wildman–Crippen LogP) is 3.23. The van der Waals surface area contributed by atoms with Gasteiger partial charge in [-0.15, -0.1) is 0 Å². The van der Waals surface area contributed by atoms with Gasteiger partial charge in [-0.2, -0.15) is 0 Å². The monoisotopic (exact) mass is 640 g/mol. The van der Waals surface area contributed by atoms with Gasteiger partial charge in [0.05, 0.1) is 34.0 Å². The van der Waals surface area contributed by atoms with Crippen LogP contribution in [0.15, 0.2) is 30.5 Å². The standard InChI is InChI=1S/C33H44N4O9/c1-32(2,3)26-29(39)37-17-21(16-24(37)30(40)43-8)45-28-22-14-20(25(42-7)15-19(22)11-12-34-28)10-9-13-44-18-23(27(38)36-26)35-31(41)46-33(4,5)6/h9-12,14-15,21,23-24,26H,13,16-18H2,1-8H3,(H,35,41)(H,36,38)/t21-,23+,24+,26-/m1/s1.